The van der Waals surface area contributed by atoms with Gasteiger partial charge >= 0.3 is 0 Å². The number of aliphatic imine (C=N–C) groups is 1. The third-order valence-electron chi connectivity index (χ3n) is 3.08. The van der Waals surface area contributed by atoms with Crippen LogP contribution < -0.4 is 8.85 Å². The van der Waals surface area contributed by atoms with Gasteiger partial charge in [-0.3, -0.25) is 4.99 Å². The molecule has 1 unspecified atom stereocenters. The Kier molecular flexibility index (Phi) is 7.52. The van der Waals surface area contributed by atoms with Gasteiger partial charge in [0.15, 0.2) is 0 Å². The van der Waals surface area contributed by atoms with Crippen molar-refractivity contribution >= 4 is 29.2 Å². The van der Waals surface area contributed by atoms with Gasteiger partial charge in [-0.2, -0.15) is 0 Å². The molecule has 0 amide bonds. The molecule has 0 fully saturated rings. The molecule has 0 aliphatic carbocycles. The highest BCUT2D eigenvalue weighted by molar-refractivity contribution is 14.1. The quantitative estimate of drug-likeness (QED) is 0.248. The Bertz CT molecular complexity index is 196. The highest BCUT2D eigenvalue weighted by Gasteiger charge is 2.27. The van der Waals surface area contributed by atoms with Crippen molar-refractivity contribution in [3.63, 3.8) is 0 Å². The van der Waals surface area contributed by atoms with Gasteiger partial charge < -0.3 is 5.32 Å². The van der Waals surface area contributed by atoms with E-state index in [0.29, 0.717) is 12.0 Å². The number of halogens is 1. The molecule has 0 saturated carbocycles. The lowest BCUT2D eigenvalue weighted by atomic mass is 9.95. The summed E-state index contributed by atoms with van der Waals surface area (Å²) in [5.74, 6) is 0.554. The van der Waals surface area contributed by atoms with Gasteiger partial charge in [0.05, 0.1) is 12.0 Å². The van der Waals surface area contributed by atoms with E-state index in [9.17, 15) is 0 Å². The van der Waals surface area contributed by atoms with E-state index in [1.165, 1.54) is 0 Å². The molecule has 0 heterocycles. The minimum absolute atomic E-state index is 0.0771. The van der Waals surface area contributed by atoms with E-state index >= 15 is 0 Å². The molecule has 0 spiro atoms. The maximum Gasteiger partial charge on any atom is 0.0969 e. The molecule has 0 aliphatic heterocycles. The maximum absolute atomic E-state index is 4.41. The van der Waals surface area contributed by atoms with Crippen molar-refractivity contribution in [1.82, 2.24) is 8.85 Å². The summed E-state index contributed by atoms with van der Waals surface area (Å²) in [6.45, 7) is 10.9. The zero-order valence-corrected chi connectivity index (χ0v) is 12.6. The van der Waals surface area contributed by atoms with Crippen molar-refractivity contribution in [3.05, 3.63) is 0 Å². The predicted molar refractivity (Wildman–Crippen MR) is 76.4 cm³/mol. The van der Waals surface area contributed by atoms with Gasteiger partial charge in [0.25, 0.3) is 0 Å². The number of hydrogen-bond donors (Lipinski definition) is 2. The largest absolute Gasteiger partial charge is 0.358 e. The van der Waals surface area contributed by atoms with E-state index in [2.05, 4.69) is 71.3 Å². The Labute approximate surface area is 108 Å². The Balaban J connectivity index is 4.26. The Morgan fingerprint density at radius 3 is 2.33 bits per heavy atom. The van der Waals surface area contributed by atoms with Gasteiger partial charge in [-0.05, 0) is 26.2 Å². The molecular weight excluding hydrogens is 301 g/mol. The van der Waals surface area contributed by atoms with Gasteiger partial charge in [-0.25, -0.2) is 3.53 Å². The Hall–Kier alpha value is 0.160. The smallest absolute Gasteiger partial charge is 0.0969 e. The van der Waals surface area contributed by atoms with E-state index < -0.39 is 0 Å². The van der Waals surface area contributed by atoms with Gasteiger partial charge in [-0.15, -0.1) is 0 Å². The number of nitrogens with one attached hydrogen (secondary N) is 2. The fourth-order valence-electron chi connectivity index (χ4n) is 1.07. The molecule has 3 atom stereocenters. The van der Waals surface area contributed by atoms with Gasteiger partial charge in [0.1, 0.15) is 0 Å². The molecule has 4 heteroatoms. The van der Waals surface area contributed by atoms with E-state index in [-0.39, 0.29) is 5.66 Å². The van der Waals surface area contributed by atoms with Gasteiger partial charge in [-0.1, -0.05) is 27.2 Å². The lowest BCUT2D eigenvalue weighted by molar-refractivity contribution is 0.273. The van der Waals surface area contributed by atoms with Crippen molar-refractivity contribution in [1.29, 1.82) is 0 Å². The standard InChI is InChI=1S/C11H24IN3/c1-6-9(3)11(5,15-12)14-8-13-10(4)7-2/h8-10,15H,6-7H2,1-5H3,(H,13,14)/t9?,10-,11-/m1/s1. The van der Waals surface area contributed by atoms with E-state index in [1.807, 2.05) is 6.34 Å². The predicted octanol–water partition coefficient (Wildman–Crippen LogP) is 3.10. The second-order valence-corrected chi connectivity index (χ2v) is 4.83. The van der Waals surface area contributed by atoms with Crippen LogP contribution in [0.2, 0.25) is 0 Å². The van der Waals surface area contributed by atoms with Crippen LogP contribution >= 0.6 is 22.9 Å². The third kappa shape index (κ3) is 5.15. The van der Waals surface area contributed by atoms with Gasteiger partial charge in [0, 0.05) is 28.9 Å². The van der Waals surface area contributed by atoms with E-state index in [1.54, 1.807) is 0 Å². The summed E-state index contributed by atoms with van der Waals surface area (Å²) in [5, 5.41) is 3.35. The van der Waals surface area contributed by atoms with E-state index in [0.717, 1.165) is 12.8 Å². The van der Waals surface area contributed by atoms with Crippen LogP contribution in [-0.2, 0) is 0 Å². The number of rotatable bonds is 7. The SMILES string of the molecule is CCC(C)[C@@](C)(NI)NC=N[C@H](C)CC. The van der Waals surface area contributed by atoms with Crippen LogP contribution in [0.3, 0.4) is 0 Å². The average molecular weight is 325 g/mol. The summed E-state index contributed by atoms with van der Waals surface area (Å²) in [4.78, 5) is 4.41. The van der Waals surface area contributed by atoms with Crippen LogP contribution in [0.25, 0.3) is 0 Å². The summed E-state index contributed by atoms with van der Waals surface area (Å²) in [5.41, 5.74) is -0.0771. The Morgan fingerprint density at radius 2 is 1.93 bits per heavy atom. The zero-order valence-electron chi connectivity index (χ0n) is 10.5. The first-order chi connectivity index (χ1) is 7.00. The molecule has 3 nitrogen and oxygen atoms in total. The summed E-state index contributed by atoms with van der Waals surface area (Å²) in [6.07, 6.45) is 4.05. The van der Waals surface area contributed by atoms with Crippen molar-refractivity contribution in [3.8, 4) is 0 Å². The summed E-state index contributed by atoms with van der Waals surface area (Å²) in [6, 6.07) is 0.396. The van der Waals surface area contributed by atoms with Crippen LogP contribution in [0.15, 0.2) is 4.99 Å². The van der Waals surface area contributed by atoms with Crippen LogP contribution in [0, 0.1) is 5.92 Å². The zero-order chi connectivity index (χ0) is 11.9. The number of nitrogens with zero attached hydrogens (tertiary/aromatic N) is 1. The maximum atomic E-state index is 4.41. The van der Waals surface area contributed by atoms with Crippen LogP contribution in [0.4, 0.5) is 0 Å². The summed E-state index contributed by atoms with van der Waals surface area (Å²) in [7, 11) is 0. The van der Waals surface area contributed by atoms with Crippen molar-refractivity contribution in [2.24, 2.45) is 10.9 Å². The van der Waals surface area contributed by atoms with Crippen LogP contribution in [0.5, 0.6) is 0 Å². The lowest BCUT2D eigenvalue weighted by Gasteiger charge is -2.34. The van der Waals surface area contributed by atoms with Crippen LogP contribution in [-0.4, -0.2) is 18.0 Å². The van der Waals surface area contributed by atoms with Gasteiger partial charge in [0.2, 0.25) is 0 Å². The minimum atomic E-state index is -0.0771. The van der Waals surface area contributed by atoms with Crippen molar-refractivity contribution in [2.45, 2.75) is 59.2 Å². The molecule has 2 N–H and O–H groups in total. The monoisotopic (exact) mass is 325 g/mol. The molecule has 0 rings (SSSR count). The number of hydrogen-bond acceptors (Lipinski definition) is 2. The normalized spacial score (nSPS) is 19.9. The fourth-order valence-corrected chi connectivity index (χ4v) is 1.76. The molecular formula is C11H24IN3. The first-order valence-corrected chi connectivity index (χ1v) is 6.75. The molecule has 15 heavy (non-hydrogen) atoms. The topological polar surface area (TPSA) is 36.4 Å². The molecule has 0 aromatic carbocycles. The molecule has 0 aliphatic rings. The highest BCUT2D eigenvalue weighted by atomic mass is 127. The van der Waals surface area contributed by atoms with Crippen molar-refractivity contribution < 1.29 is 0 Å². The van der Waals surface area contributed by atoms with Crippen molar-refractivity contribution in [2.75, 3.05) is 0 Å². The average Bonchev–Trinajstić information content (AvgIpc) is 2.27. The third-order valence-corrected chi connectivity index (χ3v) is 4.20. The lowest BCUT2D eigenvalue weighted by Crippen LogP contribution is -2.54. The second-order valence-electron chi connectivity index (χ2n) is 4.29. The molecule has 0 aromatic heterocycles. The highest BCUT2D eigenvalue weighted by Crippen LogP contribution is 2.17. The molecule has 0 aromatic rings. The Morgan fingerprint density at radius 1 is 1.33 bits per heavy atom. The molecule has 90 valence electrons. The summed E-state index contributed by atoms with van der Waals surface area (Å²) >= 11 is 2.20. The van der Waals surface area contributed by atoms with E-state index in [4.69, 9.17) is 0 Å². The summed E-state index contributed by atoms with van der Waals surface area (Å²) < 4.78 is 3.29. The molecule has 0 saturated heterocycles. The first kappa shape index (κ1) is 15.2. The second kappa shape index (κ2) is 7.44. The molecule has 0 radical (unpaired) electrons. The minimum Gasteiger partial charge on any atom is -0.358 e. The first-order valence-electron chi connectivity index (χ1n) is 5.67. The fraction of sp³-hybridized carbons (Fsp3) is 0.909. The van der Waals surface area contributed by atoms with Crippen LogP contribution in [0.1, 0.15) is 47.5 Å². The molecule has 0 bridgehead atoms.